The Morgan fingerprint density at radius 3 is 2.69 bits per heavy atom. The number of hydrogen-bond acceptors (Lipinski definition) is 4. The number of carbonyl (C=O) groups excluding carboxylic acids is 1. The molecule has 2 heterocycles. The van der Waals surface area contributed by atoms with Gasteiger partial charge in [-0.1, -0.05) is 18.2 Å². The Morgan fingerprint density at radius 1 is 1.27 bits per heavy atom. The third kappa shape index (κ3) is 4.35. The smallest absolute Gasteiger partial charge is 0.319 e. The van der Waals surface area contributed by atoms with Gasteiger partial charge in [0.1, 0.15) is 17.6 Å². The van der Waals surface area contributed by atoms with Gasteiger partial charge in [0.15, 0.2) is 0 Å². The molecule has 1 aliphatic rings. The Bertz CT molecular complexity index is 796. The molecule has 1 fully saturated rings. The number of nitrogens with one attached hydrogen (secondary N) is 2. The van der Waals surface area contributed by atoms with Crippen LogP contribution < -0.4 is 10.6 Å². The molecule has 1 aromatic carbocycles. The molecule has 0 radical (unpaired) electrons. The van der Waals surface area contributed by atoms with E-state index in [1.807, 2.05) is 12.1 Å². The number of halogens is 1. The van der Waals surface area contributed by atoms with E-state index in [2.05, 4.69) is 20.5 Å². The standard InChI is InChI=1S/C19H20FN5O/c20-17-6-2-1-5-16(17)18(25-9-3-4-10-25)13-23-19(26)24-15-8-7-14(11-21)22-12-15/h1-2,5-8,12,18H,3-4,9-10,13H2,(H2,23,24,26). The molecule has 7 heteroatoms. The van der Waals surface area contributed by atoms with E-state index in [1.165, 1.54) is 18.3 Å². The Balaban J connectivity index is 1.64. The molecule has 0 spiro atoms. The Morgan fingerprint density at radius 2 is 2.04 bits per heavy atom. The normalized spacial score (nSPS) is 15.2. The molecule has 134 valence electrons. The van der Waals surface area contributed by atoms with E-state index in [1.54, 1.807) is 18.2 Å². The average Bonchev–Trinajstić information content (AvgIpc) is 3.18. The lowest BCUT2D eigenvalue weighted by molar-refractivity contribution is 0.224. The molecule has 26 heavy (non-hydrogen) atoms. The molecule has 2 aromatic rings. The number of nitrogens with zero attached hydrogens (tertiary/aromatic N) is 3. The van der Waals surface area contributed by atoms with Gasteiger partial charge in [-0.15, -0.1) is 0 Å². The number of likely N-dealkylation sites (tertiary alicyclic amines) is 1. The van der Waals surface area contributed by atoms with Gasteiger partial charge in [0.2, 0.25) is 0 Å². The zero-order chi connectivity index (χ0) is 18.4. The van der Waals surface area contributed by atoms with Gasteiger partial charge in [-0.25, -0.2) is 14.2 Å². The predicted octanol–water partition coefficient (Wildman–Crippen LogP) is 3.05. The summed E-state index contributed by atoms with van der Waals surface area (Å²) >= 11 is 0. The number of carbonyl (C=O) groups is 1. The molecule has 0 bridgehead atoms. The zero-order valence-corrected chi connectivity index (χ0v) is 14.3. The van der Waals surface area contributed by atoms with E-state index in [9.17, 15) is 9.18 Å². The van der Waals surface area contributed by atoms with Gasteiger partial charge in [-0.3, -0.25) is 4.90 Å². The molecular formula is C19H20FN5O. The summed E-state index contributed by atoms with van der Waals surface area (Å²) in [5.74, 6) is -0.261. The predicted molar refractivity (Wildman–Crippen MR) is 95.9 cm³/mol. The summed E-state index contributed by atoms with van der Waals surface area (Å²) in [7, 11) is 0. The second-order valence-corrected chi connectivity index (χ2v) is 6.16. The third-order valence-corrected chi connectivity index (χ3v) is 4.44. The molecular weight excluding hydrogens is 333 g/mol. The van der Waals surface area contributed by atoms with Crippen LogP contribution in [0, 0.1) is 17.1 Å². The number of pyridine rings is 1. The van der Waals surface area contributed by atoms with E-state index < -0.39 is 6.03 Å². The fourth-order valence-electron chi connectivity index (χ4n) is 3.13. The highest BCUT2D eigenvalue weighted by Crippen LogP contribution is 2.26. The number of hydrogen-bond donors (Lipinski definition) is 2. The van der Waals surface area contributed by atoms with E-state index in [4.69, 9.17) is 5.26 Å². The molecule has 1 atom stereocenters. The Kier molecular flexibility index (Phi) is 5.77. The summed E-state index contributed by atoms with van der Waals surface area (Å²) in [6.45, 7) is 2.08. The second kappa shape index (κ2) is 8.41. The first-order valence-electron chi connectivity index (χ1n) is 8.57. The zero-order valence-electron chi connectivity index (χ0n) is 14.3. The van der Waals surface area contributed by atoms with Gasteiger partial charge in [0, 0.05) is 12.1 Å². The topological polar surface area (TPSA) is 81.0 Å². The molecule has 2 amide bonds. The van der Waals surface area contributed by atoms with Crippen molar-refractivity contribution in [1.29, 1.82) is 5.26 Å². The fraction of sp³-hybridized carbons (Fsp3) is 0.316. The van der Waals surface area contributed by atoms with Crippen molar-refractivity contribution >= 4 is 11.7 Å². The first-order chi connectivity index (χ1) is 12.7. The van der Waals surface area contributed by atoms with Crippen LogP contribution in [0.4, 0.5) is 14.9 Å². The average molecular weight is 353 g/mol. The van der Waals surface area contributed by atoms with Gasteiger partial charge in [-0.05, 0) is 44.1 Å². The maximum absolute atomic E-state index is 14.2. The molecule has 1 unspecified atom stereocenters. The lowest BCUT2D eigenvalue weighted by Gasteiger charge is -2.28. The van der Waals surface area contributed by atoms with Crippen LogP contribution in [-0.4, -0.2) is 35.5 Å². The van der Waals surface area contributed by atoms with Crippen molar-refractivity contribution in [3.05, 3.63) is 59.7 Å². The summed E-state index contributed by atoms with van der Waals surface area (Å²) in [5, 5.41) is 14.2. The van der Waals surface area contributed by atoms with Crippen molar-refractivity contribution < 1.29 is 9.18 Å². The highest BCUT2D eigenvalue weighted by molar-refractivity contribution is 5.89. The minimum atomic E-state index is -0.392. The molecule has 0 saturated carbocycles. The van der Waals surface area contributed by atoms with Crippen LogP contribution in [0.1, 0.15) is 30.1 Å². The minimum absolute atomic E-state index is 0.205. The minimum Gasteiger partial charge on any atom is -0.336 e. The van der Waals surface area contributed by atoms with E-state index >= 15 is 0 Å². The Labute approximate surface area is 151 Å². The van der Waals surface area contributed by atoms with Crippen molar-refractivity contribution in [2.24, 2.45) is 0 Å². The summed E-state index contributed by atoms with van der Waals surface area (Å²) in [6.07, 6.45) is 3.58. The van der Waals surface area contributed by atoms with Crippen LogP contribution in [0.25, 0.3) is 0 Å². The van der Waals surface area contributed by atoms with Crippen LogP contribution in [0.3, 0.4) is 0 Å². The van der Waals surface area contributed by atoms with E-state index in [0.717, 1.165) is 25.9 Å². The van der Waals surface area contributed by atoms with Crippen molar-refractivity contribution in [3.8, 4) is 6.07 Å². The lowest BCUT2D eigenvalue weighted by Crippen LogP contribution is -2.39. The Hall–Kier alpha value is -2.98. The molecule has 1 aromatic heterocycles. The van der Waals surface area contributed by atoms with Crippen LogP contribution in [-0.2, 0) is 0 Å². The molecule has 2 N–H and O–H groups in total. The number of nitriles is 1. The highest BCUT2D eigenvalue weighted by Gasteiger charge is 2.26. The summed E-state index contributed by atoms with van der Waals surface area (Å²) in [5.41, 5.74) is 1.37. The first-order valence-corrected chi connectivity index (χ1v) is 8.57. The van der Waals surface area contributed by atoms with Crippen molar-refractivity contribution in [1.82, 2.24) is 15.2 Å². The van der Waals surface area contributed by atoms with Crippen LogP contribution >= 0.6 is 0 Å². The van der Waals surface area contributed by atoms with Crippen LogP contribution in [0.15, 0.2) is 42.6 Å². The number of benzene rings is 1. The molecule has 3 rings (SSSR count). The van der Waals surface area contributed by atoms with Gasteiger partial charge in [0.05, 0.1) is 17.9 Å². The van der Waals surface area contributed by atoms with Crippen LogP contribution in [0.5, 0.6) is 0 Å². The lowest BCUT2D eigenvalue weighted by atomic mass is 10.0. The number of urea groups is 1. The van der Waals surface area contributed by atoms with Gasteiger partial charge >= 0.3 is 6.03 Å². The number of aromatic nitrogens is 1. The van der Waals surface area contributed by atoms with E-state index in [0.29, 0.717) is 17.8 Å². The SMILES string of the molecule is N#Cc1ccc(NC(=O)NCC(c2ccccc2F)N2CCCC2)cn1. The number of rotatable bonds is 5. The van der Waals surface area contributed by atoms with Crippen molar-refractivity contribution in [2.75, 3.05) is 25.0 Å². The number of anilines is 1. The summed E-state index contributed by atoms with van der Waals surface area (Å²) in [4.78, 5) is 18.3. The van der Waals surface area contributed by atoms with Crippen LogP contribution in [0.2, 0.25) is 0 Å². The number of amides is 2. The van der Waals surface area contributed by atoms with Gasteiger partial charge < -0.3 is 10.6 Å². The van der Waals surface area contributed by atoms with Crippen molar-refractivity contribution in [3.63, 3.8) is 0 Å². The maximum Gasteiger partial charge on any atom is 0.319 e. The molecule has 6 nitrogen and oxygen atoms in total. The summed E-state index contributed by atoms with van der Waals surface area (Å²) in [6, 6.07) is 11.2. The quantitative estimate of drug-likeness (QED) is 0.866. The van der Waals surface area contributed by atoms with E-state index in [-0.39, 0.29) is 17.6 Å². The molecule has 0 aliphatic carbocycles. The monoisotopic (exact) mass is 353 g/mol. The fourth-order valence-corrected chi connectivity index (χ4v) is 3.13. The third-order valence-electron chi connectivity index (χ3n) is 4.44. The first kappa shape index (κ1) is 17.8. The summed E-state index contributed by atoms with van der Waals surface area (Å²) < 4.78 is 14.2. The highest BCUT2D eigenvalue weighted by atomic mass is 19.1. The van der Waals surface area contributed by atoms with Gasteiger partial charge in [0.25, 0.3) is 0 Å². The molecule has 1 saturated heterocycles. The second-order valence-electron chi connectivity index (χ2n) is 6.16. The van der Waals surface area contributed by atoms with Crippen molar-refractivity contribution in [2.45, 2.75) is 18.9 Å². The maximum atomic E-state index is 14.2. The molecule has 1 aliphatic heterocycles. The largest absolute Gasteiger partial charge is 0.336 e. The van der Waals surface area contributed by atoms with Gasteiger partial charge in [-0.2, -0.15) is 5.26 Å².